The van der Waals surface area contributed by atoms with Crippen LogP contribution < -0.4 is 5.69 Å². The maximum absolute atomic E-state index is 12.8. The molecule has 0 unspecified atom stereocenters. The van der Waals surface area contributed by atoms with Gasteiger partial charge >= 0.3 is 5.69 Å². The lowest BCUT2D eigenvalue weighted by Gasteiger charge is -2.20. The lowest BCUT2D eigenvalue weighted by molar-refractivity contribution is 0.0775. The molecule has 2 fully saturated rings. The molecule has 2 saturated heterocycles. The van der Waals surface area contributed by atoms with E-state index < -0.39 is 0 Å². The zero-order chi connectivity index (χ0) is 15.4. The molecule has 6 nitrogen and oxygen atoms in total. The fourth-order valence-corrected chi connectivity index (χ4v) is 3.88. The zero-order valence-electron chi connectivity index (χ0n) is 12.9. The number of carbonyl (C=O) groups is 1. The van der Waals surface area contributed by atoms with Gasteiger partial charge in [0.05, 0.1) is 11.0 Å². The Balaban J connectivity index is 1.63. The van der Waals surface area contributed by atoms with Crippen molar-refractivity contribution in [2.45, 2.75) is 12.5 Å². The molecular weight excluding hydrogens is 280 g/mol. The summed E-state index contributed by atoms with van der Waals surface area (Å²) in [5.74, 6) is 0.674. The van der Waals surface area contributed by atoms with Crippen LogP contribution in [0.3, 0.4) is 0 Å². The molecule has 0 radical (unpaired) electrons. The minimum absolute atomic E-state index is 0.0679. The van der Waals surface area contributed by atoms with E-state index in [1.54, 1.807) is 17.7 Å². The fourth-order valence-electron chi connectivity index (χ4n) is 3.88. The summed E-state index contributed by atoms with van der Waals surface area (Å²) in [6.07, 6.45) is 1.18. The molecule has 2 aromatic rings. The Bertz CT molecular complexity index is 806. The predicted octanol–water partition coefficient (Wildman–Crippen LogP) is 0.643. The summed E-state index contributed by atoms with van der Waals surface area (Å²) >= 11 is 0. The Morgan fingerprint density at radius 3 is 2.86 bits per heavy atom. The summed E-state index contributed by atoms with van der Waals surface area (Å²) in [7, 11) is 3.85. The molecular formula is C16H20N4O2. The molecule has 0 saturated carbocycles. The summed E-state index contributed by atoms with van der Waals surface area (Å²) in [4.78, 5) is 31.5. The Hall–Kier alpha value is -2.08. The van der Waals surface area contributed by atoms with Gasteiger partial charge in [-0.25, -0.2) is 4.79 Å². The smallest absolute Gasteiger partial charge is 0.326 e. The van der Waals surface area contributed by atoms with Crippen molar-refractivity contribution in [3.8, 4) is 0 Å². The third-order valence-electron chi connectivity index (χ3n) is 5.26. The van der Waals surface area contributed by atoms with Gasteiger partial charge in [0.1, 0.15) is 0 Å². The summed E-state index contributed by atoms with van der Waals surface area (Å²) < 4.78 is 1.54. The molecule has 0 aliphatic carbocycles. The van der Waals surface area contributed by atoms with Crippen LogP contribution in [0.5, 0.6) is 0 Å². The Kier molecular flexibility index (Phi) is 2.91. The topological polar surface area (TPSA) is 61.3 Å². The van der Waals surface area contributed by atoms with E-state index in [1.807, 2.05) is 17.0 Å². The van der Waals surface area contributed by atoms with Crippen molar-refractivity contribution in [1.29, 1.82) is 0 Å². The number of imidazole rings is 1. The molecule has 1 N–H and O–H groups in total. The van der Waals surface area contributed by atoms with E-state index in [1.165, 1.54) is 6.42 Å². The summed E-state index contributed by atoms with van der Waals surface area (Å²) in [6, 6.07) is 5.93. The number of likely N-dealkylation sites (tertiary alicyclic amines) is 2. The molecule has 0 spiro atoms. The Labute approximate surface area is 128 Å². The monoisotopic (exact) mass is 300 g/mol. The highest BCUT2D eigenvalue weighted by Gasteiger charge is 2.41. The number of likely N-dealkylation sites (N-methyl/N-ethyl adjacent to an activating group) is 1. The highest BCUT2D eigenvalue weighted by Crippen LogP contribution is 2.31. The highest BCUT2D eigenvalue weighted by molar-refractivity contribution is 5.97. The summed E-state index contributed by atoms with van der Waals surface area (Å²) in [5.41, 5.74) is 2.04. The van der Waals surface area contributed by atoms with E-state index in [0.29, 0.717) is 17.5 Å². The van der Waals surface area contributed by atoms with Gasteiger partial charge in [-0.2, -0.15) is 0 Å². The van der Waals surface area contributed by atoms with Gasteiger partial charge in [-0.05, 0) is 44.1 Å². The fraction of sp³-hybridized carbons (Fsp3) is 0.500. The van der Waals surface area contributed by atoms with Crippen molar-refractivity contribution >= 4 is 16.9 Å². The molecule has 4 rings (SSSR count). The van der Waals surface area contributed by atoms with Crippen LogP contribution in [0.15, 0.2) is 23.0 Å². The first kappa shape index (κ1) is 13.6. The van der Waals surface area contributed by atoms with Crippen LogP contribution in [-0.4, -0.2) is 58.0 Å². The second-order valence-electron chi connectivity index (χ2n) is 6.53. The van der Waals surface area contributed by atoms with Gasteiger partial charge < -0.3 is 14.8 Å². The lowest BCUT2D eigenvalue weighted by atomic mass is 10.1. The largest absolute Gasteiger partial charge is 0.337 e. The summed E-state index contributed by atoms with van der Waals surface area (Å²) in [5, 5.41) is 0. The quantitative estimate of drug-likeness (QED) is 0.841. The van der Waals surface area contributed by atoms with Gasteiger partial charge in [0.15, 0.2) is 0 Å². The van der Waals surface area contributed by atoms with Crippen molar-refractivity contribution in [2.24, 2.45) is 13.0 Å². The number of amides is 1. The molecule has 2 aliphatic rings. The average Bonchev–Trinajstić information content (AvgIpc) is 3.15. The molecule has 1 aromatic heterocycles. The third kappa shape index (κ3) is 1.90. The number of carbonyl (C=O) groups excluding carboxylic acids is 1. The number of rotatable bonds is 1. The lowest BCUT2D eigenvalue weighted by Crippen LogP contribution is -2.35. The van der Waals surface area contributed by atoms with Crippen LogP contribution in [0.4, 0.5) is 0 Å². The number of hydrogen-bond donors (Lipinski definition) is 1. The number of H-pyrrole nitrogens is 1. The molecule has 116 valence electrons. The maximum Gasteiger partial charge on any atom is 0.326 e. The first-order chi connectivity index (χ1) is 10.5. The van der Waals surface area contributed by atoms with Crippen molar-refractivity contribution in [1.82, 2.24) is 19.4 Å². The second kappa shape index (κ2) is 4.71. The van der Waals surface area contributed by atoms with E-state index in [9.17, 15) is 9.59 Å². The van der Waals surface area contributed by atoms with Crippen LogP contribution in [0, 0.1) is 5.92 Å². The standard InChI is InChI=1S/C16H20N4O2/c1-18-6-5-11-8-20(9-14(11)18)15(21)10-3-4-12-13(7-10)19(2)16(22)17-12/h3-4,7,11,14H,5-6,8-9H2,1-2H3,(H,17,22)/t11-,14+/m1/s1. The van der Waals surface area contributed by atoms with Gasteiger partial charge in [-0.1, -0.05) is 0 Å². The van der Waals surface area contributed by atoms with Crippen molar-refractivity contribution in [3.05, 3.63) is 34.2 Å². The molecule has 0 bridgehead atoms. The highest BCUT2D eigenvalue weighted by atomic mass is 16.2. The number of benzene rings is 1. The van der Waals surface area contributed by atoms with E-state index in [4.69, 9.17) is 0 Å². The number of fused-ring (bicyclic) bond motifs is 2. The normalized spacial score (nSPS) is 25.1. The van der Waals surface area contributed by atoms with Crippen LogP contribution in [-0.2, 0) is 7.05 Å². The van der Waals surface area contributed by atoms with Gasteiger partial charge in [0, 0.05) is 31.7 Å². The van der Waals surface area contributed by atoms with E-state index in [-0.39, 0.29) is 11.6 Å². The maximum atomic E-state index is 12.8. The van der Waals surface area contributed by atoms with Crippen LogP contribution in [0.25, 0.3) is 11.0 Å². The first-order valence-corrected chi connectivity index (χ1v) is 7.73. The number of nitrogens with one attached hydrogen (secondary N) is 1. The Morgan fingerprint density at radius 2 is 2.09 bits per heavy atom. The molecule has 3 heterocycles. The zero-order valence-corrected chi connectivity index (χ0v) is 12.9. The SMILES string of the molecule is CN1CC[C@@H]2CN(C(=O)c3ccc4[nH]c(=O)n(C)c4c3)C[C@@H]21. The molecule has 1 amide bonds. The predicted molar refractivity (Wildman–Crippen MR) is 84.0 cm³/mol. The number of aryl methyl sites for hydroxylation is 1. The third-order valence-corrected chi connectivity index (χ3v) is 5.26. The minimum Gasteiger partial charge on any atom is -0.337 e. The molecule has 22 heavy (non-hydrogen) atoms. The molecule has 6 heteroatoms. The number of nitrogens with zero attached hydrogens (tertiary/aromatic N) is 3. The number of aromatic nitrogens is 2. The number of hydrogen-bond acceptors (Lipinski definition) is 3. The second-order valence-corrected chi connectivity index (χ2v) is 6.53. The van der Waals surface area contributed by atoms with Crippen LogP contribution in [0.1, 0.15) is 16.8 Å². The Morgan fingerprint density at radius 1 is 1.27 bits per heavy atom. The van der Waals surface area contributed by atoms with Crippen molar-refractivity contribution < 1.29 is 4.79 Å². The molecule has 1 aromatic carbocycles. The first-order valence-electron chi connectivity index (χ1n) is 7.73. The van der Waals surface area contributed by atoms with Crippen LogP contribution in [0.2, 0.25) is 0 Å². The average molecular weight is 300 g/mol. The van der Waals surface area contributed by atoms with Gasteiger partial charge in [-0.3, -0.25) is 9.36 Å². The van der Waals surface area contributed by atoms with Gasteiger partial charge in [0.25, 0.3) is 5.91 Å². The van der Waals surface area contributed by atoms with E-state index in [0.717, 1.165) is 30.7 Å². The van der Waals surface area contributed by atoms with Gasteiger partial charge in [-0.15, -0.1) is 0 Å². The van der Waals surface area contributed by atoms with E-state index >= 15 is 0 Å². The summed E-state index contributed by atoms with van der Waals surface area (Å²) in [6.45, 7) is 2.79. The van der Waals surface area contributed by atoms with Gasteiger partial charge in [0.2, 0.25) is 0 Å². The number of aromatic amines is 1. The minimum atomic E-state index is -0.156. The van der Waals surface area contributed by atoms with Crippen molar-refractivity contribution in [3.63, 3.8) is 0 Å². The van der Waals surface area contributed by atoms with Crippen molar-refractivity contribution in [2.75, 3.05) is 26.7 Å². The van der Waals surface area contributed by atoms with E-state index in [2.05, 4.69) is 16.9 Å². The molecule has 2 atom stereocenters. The molecule has 2 aliphatic heterocycles. The van der Waals surface area contributed by atoms with Crippen LogP contribution >= 0.6 is 0 Å².